The van der Waals surface area contributed by atoms with Gasteiger partial charge in [0.1, 0.15) is 0 Å². The Labute approximate surface area is 174 Å². The Morgan fingerprint density at radius 3 is 2.24 bits per heavy atom. The summed E-state index contributed by atoms with van der Waals surface area (Å²) in [5, 5.41) is 4.90. The summed E-state index contributed by atoms with van der Waals surface area (Å²) in [6, 6.07) is 18.5. The molecule has 2 aromatic carbocycles. The first-order valence-corrected chi connectivity index (χ1v) is 10.5. The minimum atomic E-state index is 0.0547. The highest BCUT2D eigenvalue weighted by molar-refractivity contribution is 5.96. The quantitative estimate of drug-likeness (QED) is 0.520. The van der Waals surface area contributed by atoms with Crippen molar-refractivity contribution in [3.8, 4) is 5.69 Å². The predicted molar refractivity (Wildman–Crippen MR) is 119 cm³/mol. The van der Waals surface area contributed by atoms with Crippen molar-refractivity contribution >= 4 is 5.91 Å². The van der Waals surface area contributed by atoms with Crippen LogP contribution in [-0.2, 0) is 19.4 Å². The summed E-state index contributed by atoms with van der Waals surface area (Å²) >= 11 is 0. The highest BCUT2D eigenvalue weighted by Gasteiger charge is 2.26. The molecular weight excluding hydrogens is 358 g/mol. The Hall–Kier alpha value is -2.88. The molecule has 1 amide bonds. The molecule has 0 aliphatic carbocycles. The molecule has 0 fully saturated rings. The third-order valence-electron chi connectivity index (χ3n) is 5.13. The lowest BCUT2D eigenvalue weighted by Gasteiger charge is -2.18. The molecule has 152 valence electrons. The van der Waals surface area contributed by atoms with Crippen LogP contribution >= 0.6 is 0 Å². The molecule has 0 saturated carbocycles. The number of aromatic nitrogens is 2. The van der Waals surface area contributed by atoms with E-state index >= 15 is 0 Å². The fraction of sp³-hybridized carbons (Fsp3) is 0.360. The Bertz CT molecular complexity index is 942. The summed E-state index contributed by atoms with van der Waals surface area (Å²) in [5.74, 6) is 0.0547. The van der Waals surface area contributed by atoms with Gasteiger partial charge in [-0.3, -0.25) is 4.79 Å². The maximum atomic E-state index is 13.5. The zero-order valence-electron chi connectivity index (χ0n) is 18.0. The van der Waals surface area contributed by atoms with Crippen LogP contribution in [0.25, 0.3) is 5.69 Å². The van der Waals surface area contributed by atoms with Gasteiger partial charge in [0.25, 0.3) is 5.91 Å². The zero-order chi connectivity index (χ0) is 20.8. The zero-order valence-corrected chi connectivity index (χ0v) is 18.0. The summed E-state index contributed by atoms with van der Waals surface area (Å²) in [6.45, 7) is 6.95. The van der Waals surface area contributed by atoms with Gasteiger partial charge in [0.05, 0.1) is 22.6 Å². The molecule has 4 nitrogen and oxygen atoms in total. The molecule has 3 rings (SSSR count). The summed E-state index contributed by atoms with van der Waals surface area (Å²) in [6.07, 6.45) is 3.55. The van der Waals surface area contributed by atoms with Crippen LogP contribution in [0.3, 0.4) is 0 Å². The van der Waals surface area contributed by atoms with E-state index in [-0.39, 0.29) is 5.91 Å². The Kier molecular flexibility index (Phi) is 6.86. The molecule has 29 heavy (non-hydrogen) atoms. The second-order valence-electron chi connectivity index (χ2n) is 7.66. The number of amides is 1. The highest BCUT2D eigenvalue weighted by atomic mass is 16.2. The van der Waals surface area contributed by atoms with Crippen molar-refractivity contribution in [3.05, 3.63) is 82.7 Å². The molecule has 0 unspecified atom stereocenters. The first-order chi connectivity index (χ1) is 14.0. The lowest BCUT2D eigenvalue weighted by atomic mass is 10.0. The standard InChI is InChI=1S/C25H31N3O/c1-5-10-22-24(25(29)27(4)18-20-12-8-7-9-13-20)23(11-6-2)28(26-22)21-16-14-19(3)15-17-21/h7-9,12-17H,5-6,10-11,18H2,1-4H3. The van der Waals surface area contributed by atoms with Crippen LogP contribution in [0.4, 0.5) is 0 Å². The minimum Gasteiger partial charge on any atom is -0.337 e. The average molecular weight is 390 g/mol. The fourth-order valence-electron chi connectivity index (χ4n) is 3.65. The fourth-order valence-corrected chi connectivity index (χ4v) is 3.65. The van der Waals surface area contributed by atoms with Crippen molar-refractivity contribution in [2.75, 3.05) is 7.05 Å². The molecule has 0 aliphatic rings. The molecule has 1 aromatic heterocycles. The van der Waals surface area contributed by atoms with E-state index in [1.165, 1.54) is 5.56 Å². The number of nitrogens with zero attached hydrogens (tertiary/aromatic N) is 3. The normalized spacial score (nSPS) is 10.9. The van der Waals surface area contributed by atoms with Crippen molar-refractivity contribution in [3.63, 3.8) is 0 Å². The van der Waals surface area contributed by atoms with Gasteiger partial charge in [-0.2, -0.15) is 5.10 Å². The summed E-state index contributed by atoms with van der Waals surface area (Å²) in [4.78, 5) is 15.3. The van der Waals surface area contributed by atoms with Crippen LogP contribution in [0.1, 0.15) is 59.6 Å². The highest BCUT2D eigenvalue weighted by Crippen LogP contribution is 2.24. The number of benzene rings is 2. The van der Waals surface area contributed by atoms with E-state index in [4.69, 9.17) is 5.10 Å². The first-order valence-electron chi connectivity index (χ1n) is 10.5. The van der Waals surface area contributed by atoms with Gasteiger partial charge in [-0.15, -0.1) is 0 Å². The van der Waals surface area contributed by atoms with E-state index in [0.717, 1.165) is 53.9 Å². The van der Waals surface area contributed by atoms with Gasteiger partial charge in [0, 0.05) is 13.6 Å². The van der Waals surface area contributed by atoms with E-state index in [9.17, 15) is 4.79 Å². The number of carbonyl (C=O) groups excluding carboxylic acids is 1. The first kappa shape index (κ1) is 20.8. The van der Waals surface area contributed by atoms with Gasteiger partial charge >= 0.3 is 0 Å². The molecule has 0 atom stereocenters. The second kappa shape index (κ2) is 9.55. The van der Waals surface area contributed by atoms with Crippen molar-refractivity contribution in [2.45, 2.75) is 53.0 Å². The smallest absolute Gasteiger partial charge is 0.257 e. The van der Waals surface area contributed by atoms with Crippen LogP contribution in [0.5, 0.6) is 0 Å². The maximum Gasteiger partial charge on any atom is 0.257 e. The largest absolute Gasteiger partial charge is 0.337 e. The van der Waals surface area contributed by atoms with E-state index in [0.29, 0.717) is 6.54 Å². The molecule has 0 N–H and O–H groups in total. The van der Waals surface area contributed by atoms with Crippen molar-refractivity contribution in [1.29, 1.82) is 0 Å². The minimum absolute atomic E-state index is 0.0547. The Morgan fingerprint density at radius 1 is 0.966 bits per heavy atom. The third-order valence-corrected chi connectivity index (χ3v) is 5.13. The molecule has 0 bridgehead atoms. The number of hydrogen-bond donors (Lipinski definition) is 0. The third kappa shape index (κ3) is 4.76. The lowest BCUT2D eigenvalue weighted by Crippen LogP contribution is -2.28. The van der Waals surface area contributed by atoms with Gasteiger partial charge in [-0.25, -0.2) is 4.68 Å². The summed E-state index contributed by atoms with van der Waals surface area (Å²) in [5.41, 5.74) is 6.06. The molecule has 0 aliphatic heterocycles. The average Bonchev–Trinajstić information content (AvgIpc) is 3.07. The SMILES string of the molecule is CCCc1nn(-c2ccc(C)cc2)c(CCC)c1C(=O)N(C)Cc1ccccc1. The Morgan fingerprint density at radius 2 is 1.62 bits per heavy atom. The summed E-state index contributed by atoms with van der Waals surface area (Å²) < 4.78 is 1.98. The van der Waals surface area contributed by atoms with Gasteiger partial charge in [-0.1, -0.05) is 74.7 Å². The topological polar surface area (TPSA) is 38.1 Å². The van der Waals surface area contributed by atoms with E-state index in [1.54, 1.807) is 0 Å². The van der Waals surface area contributed by atoms with Crippen LogP contribution in [0.15, 0.2) is 54.6 Å². The van der Waals surface area contributed by atoms with Crippen molar-refractivity contribution in [2.24, 2.45) is 0 Å². The monoisotopic (exact) mass is 389 g/mol. The van der Waals surface area contributed by atoms with Crippen LogP contribution in [0.2, 0.25) is 0 Å². The maximum absolute atomic E-state index is 13.5. The molecule has 0 radical (unpaired) electrons. The molecule has 1 heterocycles. The van der Waals surface area contributed by atoms with Crippen LogP contribution < -0.4 is 0 Å². The number of carbonyl (C=O) groups is 1. The summed E-state index contributed by atoms with van der Waals surface area (Å²) in [7, 11) is 1.88. The predicted octanol–water partition coefficient (Wildman–Crippen LogP) is 5.36. The molecule has 4 heteroatoms. The van der Waals surface area contributed by atoms with E-state index in [2.05, 4.69) is 57.2 Å². The van der Waals surface area contributed by atoms with Crippen LogP contribution in [-0.4, -0.2) is 27.6 Å². The van der Waals surface area contributed by atoms with Gasteiger partial charge in [-0.05, 0) is 37.5 Å². The number of rotatable bonds is 8. The Balaban J connectivity index is 2.03. The van der Waals surface area contributed by atoms with Crippen molar-refractivity contribution in [1.82, 2.24) is 14.7 Å². The lowest BCUT2D eigenvalue weighted by molar-refractivity contribution is 0.0783. The second-order valence-corrected chi connectivity index (χ2v) is 7.66. The molecule has 0 spiro atoms. The van der Waals surface area contributed by atoms with E-state index in [1.807, 2.05) is 34.8 Å². The number of hydrogen-bond acceptors (Lipinski definition) is 2. The molecular formula is C25H31N3O. The van der Waals surface area contributed by atoms with Crippen LogP contribution in [0, 0.1) is 6.92 Å². The molecule has 0 saturated heterocycles. The van der Waals surface area contributed by atoms with Crippen molar-refractivity contribution < 1.29 is 4.79 Å². The van der Waals surface area contributed by atoms with Gasteiger partial charge in [0.15, 0.2) is 0 Å². The van der Waals surface area contributed by atoms with Gasteiger partial charge < -0.3 is 4.90 Å². The molecule has 3 aromatic rings. The van der Waals surface area contributed by atoms with E-state index < -0.39 is 0 Å². The van der Waals surface area contributed by atoms with Gasteiger partial charge in [0.2, 0.25) is 0 Å². The number of aryl methyl sites for hydroxylation is 2.